The van der Waals surface area contributed by atoms with Gasteiger partial charge in [0.2, 0.25) is 5.91 Å². The molecule has 0 saturated heterocycles. The molecule has 3 nitrogen and oxygen atoms in total. The van der Waals surface area contributed by atoms with Gasteiger partial charge in [-0.15, -0.1) is 0 Å². The van der Waals surface area contributed by atoms with Crippen molar-refractivity contribution >= 4 is 5.91 Å². The largest absolute Gasteiger partial charge is 0.353 e. The quantitative estimate of drug-likeness (QED) is 0.808. The fourth-order valence-corrected chi connectivity index (χ4v) is 3.69. The SMILES string of the molecule is C[C@H](NC(=O)C1(CN)CCCC1)C1CCCCC1. The summed E-state index contributed by atoms with van der Waals surface area (Å²) < 4.78 is 0. The lowest BCUT2D eigenvalue weighted by Gasteiger charge is -2.32. The zero-order chi connectivity index (χ0) is 13.0. The number of carbonyl (C=O) groups is 1. The summed E-state index contributed by atoms with van der Waals surface area (Å²) in [5, 5.41) is 3.26. The van der Waals surface area contributed by atoms with Crippen molar-refractivity contribution in [2.24, 2.45) is 17.1 Å². The molecule has 2 rings (SSSR count). The van der Waals surface area contributed by atoms with Crippen molar-refractivity contribution in [2.75, 3.05) is 6.54 Å². The molecule has 0 aliphatic heterocycles. The summed E-state index contributed by atoms with van der Waals surface area (Å²) >= 11 is 0. The molecule has 2 aliphatic rings. The van der Waals surface area contributed by atoms with Crippen molar-refractivity contribution in [3.8, 4) is 0 Å². The Morgan fingerprint density at radius 2 is 1.83 bits per heavy atom. The molecule has 0 bridgehead atoms. The van der Waals surface area contributed by atoms with Crippen molar-refractivity contribution < 1.29 is 4.79 Å². The maximum absolute atomic E-state index is 12.5. The van der Waals surface area contributed by atoms with Gasteiger partial charge in [-0.05, 0) is 38.5 Å². The molecule has 2 aliphatic carbocycles. The number of rotatable bonds is 4. The first-order chi connectivity index (χ1) is 8.68. The highest BCUT2D eigenvalue weighted by atomic mass is 16.2. The first kappa shape index (κ1) is 13.9. The summed E-state index contributed by atoms with van der Waals surface area (Å²) in [7, 11) is 0. The van der Waals surface area contributed by atoms with Crippen LogP contribution in [0, 0.1) is 11.3 Å². The van der Waals surface area contributed by atoms with Crippen molar-refractivity contribution in [3.63, 3.8) is 0 Å². The molecule has 3 heteroatoms. The monoisotopic (exact) mass is 252 g/mol. The summed E-state index contributed by atoms with van der Waals surface area (Å²) in [6.45, 7) is 2.68. The lowest BCUT2D eigenvalue weighted by molar-refractivity contribution is -0.131. The maximum Gasteiger partial charge on any atom is 0.227 e. The Morgan fingerprint density at radius 3 is 2.39 bits per heavy atom. The molecular formula is C15H28N2O. The fraction of sp³-hybridized carbons (Fsp3) is 0.933. The standard InChI is InChI=1S/C15H28N2O/c1-12(13-7-3-2-4-8-13)17-14(18)15(11-16)9-5-6-10-15/h12-13H,2-11,16H2,1H3,(H,17,18)/t12-/m0/s1. The van der Waals surface area contributed by atoms with Crippen LogP contribution in [0.1, 0.15) is 64.7 Å². The molecular weight excluding hydrogens is 224 g/mol. The smallest absolute Gasteiger partial charge is 0.227 e. The first-order valence-electron chi connectivity index (χ1n) is 7.69. The third-order valence-electron chi connectivity index (χ3n) is 5.15. The van der Waals surface area contributed by atoms with Crippen LogP contribution in [0.3, 0.4) is 0 Å². The third-order valence-corrected chi connectivity index (χ3v) is 5.15. The van der Waals surface area contributed by atoms with Gasteiger partial charge in [0, 0.05) is 12.6 Å². The molecule has 0 aromatic carbocycles. The van der Waals surface area contributed by atoms with Gasteiger partial charge in [0.25, 0.3) is 0 Å². The lowest BCUT2D eigenvalue weighted by Crippen LogP contribution is -2.49. The van der Waals surface area contributed by atoms with E-state index in [1.807, 2.05) is 0 Å². The summed E-state index contributed by atoms with van der Waals surface area (Å²) in [5.74, 6) is 0.902. The van der Waals surface area contributed by atoms with Crippen molar-refractivity contribution in [1.82, 2.24) is 5.32 Å². The number of hydrogen-bond acceptors (Lipinski definition) is 2. The molecule has 1 amide bonds. The minimum absolute atomic E-state index is 0.223. The van der Waals surface area contributed by atoms with Crippen molar-refractivity contribution in [3.05, 3.63) is 0 Å². The summed E-state index contributed by atoms with van der Waals surface area (Å²) in [6, 6.07) is 0.321. The Morgan fingerprint density at radius 1 is 1.22 bits per heavy atom. The van der Waals surface area contributed by atoms with E-state index in [0.717, 1.165) is 25.7 Å². The minimum Gasteiger partial charge on any atom is -0.353 e. The van der Waals surface area contributed by atoms with Crippen LogP contribution in [-0.2, 0) is 4.79 Å². The van der Waals surface area contributed by atoms with E-state index in [1.165, 1.54) is 32.1 Å². The van der Waals surface area contributed by atoms with Gasteiger partial charge >= 0.3 is 0 Å². The Kier molecular flexibility index (Phi) is 4.66. The Labute approximate surface area is 111 Å². The van der Waals surface area contributed by atoms with Gasteiger partial charge in [0.05, 0.1) is 5.41 Å². The van der Waals surface area contributed by atoms with Crippen molar-refractivity contribution in [1.29, 1.82) is 0 Å². The van der Waals surface area contributed by atoms with Crippen LogP contribution in [0.25, 0.3) is 0 Å². The third kappa shape index (κ3) is 2.87. The van der Waals surface area contributed by atoms with Crippen LogP contribution in [0.15, 0.2) is 0 Å². The molecule has 0 heterocycles. The van der Waals surface area contributed by atoms with Gasteiger partial charge in [-0.1, -0.05) is 32.1 Å². The summed E-state index contributed by atoms with van der Waals surface area (Å²) in [4.78, 5) is 12.5. The molecule has 0 aromatic rings. The molecule has 104 valence electrons. The average molecular weight is 252 g/mol. The molecule has 2 saturated carbocycles. The molecule has 0 radical (unpaired) electrons. The maximum atomic E-state index is 12.5. The van der Waals surface area contributed by atoms with Gasteiger partial charge in [-0.25, -0.2) is 0 Å². The van der Waals surface area contributed by atoms with Crippen LogP contribution in [0.4, 0.5) is 0 Å². The zero-order valence-corrected chi connectivity index (χ0v) is 11.7. The molecule has 3 N–H and O–H groups in total. The number of amides is 1. The summed E-state index contributed by atoms with van der Waals surface area (Å²) in [5.41, 5.74) is 5.62. The van der Waals surface area contributed by atoms with Crippen LogP contribution in [-0.4, -0.2) is 18.5 Å². The highest BCUT2D eigenvalue weighted by Crippen LogP contribution is 2.37. The second-order valence-corrected chi connectivity index (χ2v) is 6.35. The number of hydrogen-bond donors (Lipinski definition) is 2. The molecule has 18 heavy (non-hydrogen) atoms. The van der Waals surface area contributed by atoms with Gasteiger partial charge < -0.3 is 11.1 Å². The Balaban J connectivity index is 1.89. The average Bonchev–Trinajstić information content (AvgIpc) is 2.89. The van der Waals surface area contributed by atoms with E-state index in [9.17, 15) is 4.79 Å². The van der Waals surface area contributed by atoms with E-state index in [4.69, 9.17) is 5.73 Å². The summed E-state index contributed by atoms with van der Waals surface area (Å²) in [6.07, 6.45) is 10.8. The predicted octanol–water partition coefficient (Wildman–Crippen LogP) is 2.59. The van der Waals surface area contributed by atoms with Gasteiger partial charge in [-0.2, -0.15) is 0 Å². The van der Waals surface area contributed by atoms with Gasteiger partial charge in [0.15, 0.2) is 0 Å². The molecule has 0 aromatic heterocycles. The van der Waals surface area contributed by atoms with Crippen LogP contribution in [0.2, 0.25) is 0 Å². The molecule has 0 unspecified atom stereocenters. The predicted molar refractivity (Wildman–Crippen MR) is 74.1 cm³/mol. The van der Waals surface area contributed by atoms with E-state index < -0.39 is 0 Å². The number of nitrogens with one attached hydrogen (secondary N) is 1. The highest BCUT2D eigenvalue weighted by Gasteiger charge is 2.40. The second-order valence-electron chi connectivity index (χ2n) is 6.35. The van der Waals surface area contributed by atoms with Crippen LogP contribution >= 0.6 is 0 Å². The van der Waals surface area contributed by atoms with Crippen molar-refractivity contribution in [2.45, 2.75) is 70.8 Å². The minimum atomic E-state index is -0.247. The molecule has 2 fully saturated rings. The topological polar surface area (TPSA) is 55.1 Å². The molecule has 0 spiro atoms. The van der Waals surface area contributed by atoms with Gasteiger partial charge in [0.1, 0.15) is 0 Å². The van der Waals surface area contributed by atoms with Gasteiger partial charge in [-0.3, -0.25) is 4.79 Å². The first-order valence-corrected chi connectivity index (χ1v) is 7.69. The fourth-order valence-electron chi connectivity index (χ4n) is 3.69. The number of nitrogens with two attached hydrogens (primary N) is 1. The lowest BCUT2D eigenvalue weighted by atomic mass is 9.82. The Hall–Kier alpha value is -0.570. The van der Waals surface area contributed by atoms with E-state index in [1.54, 1.807) is 0 Å². The van der Waals surface area contributed by atoms with E-state index >= 15 is 0 Å². The second kappa shape index (κ2) is 6.05. The van der Waals surface area contributed by atoms with E-state index in [-0.39, 0.29) is 11.3 Å². The normalized spacial score (nSPS) is 25.9. The van der Waals surface area contributed by atoms with E-state index in [2.05, 4.69) is 12.2 Å². The number of carbonyl (C=O) groups excluding carboxylic acids is 1. The van der Waals surface area contributed by atoms with Crippen LogP contribution in [0.5, 0.6) is 0 Å². The molecule has 1 atom stereocenters. The van der Waals surface area contributed by atoms with E-state index in [0.29, 0.717) is 18.5 Å². The zero-order valence-electron chi connectivity index (χ0n) is 11.7. The van der Waals surface area contributed by atoms with Crippen LogP contribution < -0.4 is 11.1 Å². The highest BCUT2D eigenvalue weighted by molar-refractivity contribution is 5.83. The Bertz CT molecular complexity index is 278.